The fraction of sp³-hybridized carbons (Fsp3) is 0.176. The third-order valence-electron chi connectivity index (χ3n) is 3.45. The summed E-state index contributed by atoms with van der Waals surface area (Å²) in [5.41, 5.74) is 3.06. The molecule has 4 heteroatoms. The van der Waals surface area contributed by atoms with Gasteiger partial charge >= 0.3 is 0 Å². The minimum atomic E-state index is -1.24. The monoisotopic (exact) mass is 362 g/mol. The van der Waals surface area contributed by atoms with Gasteiger partial charge in [-0.1, -0.05) is 22.0 Å². The first-order chi connectivity index (χ1) is 9.97. The average Bonchev–Trinajstić information content (AvgIpc) is 2.75. The molecule has 3 rings (SSSR count). The number of rotatable bonds is 2. The number of hydrogen-bond donors (Lipinski definition) is 0. The number of benzene rings is 2. The first-order valence-corrected chi connectivity index (χ1v) is 8.59. The molecule has 108 valence electrons. The van der Waals surface area contributed by atoms with Gasteiger partial charge in [0, 0.05) is 14.8 Å². The predicted octanol–water partition coefficient (Wildman–Crippen LogP) is 5.29. The van der Waals surface area contributed by atoms with E-state index in [4.69, 9.17) is 4.42 Å². The highest BCUT2D eigenvalue weighted by atomic mass is 79.9. The van der Waals surface area contributed by atoms with Gasteiger partial charge in [0.15, 0.2) is 0 Å². The molecule has 0 amide bonds. The highest BCUT2D eigenvalue weighted by Gasteiger charge is 2.19. The summed E-state index contributed by atoms with van der Waals surface area (Å²) in [6, 6.07) is 11.7. The summed E-state index contributed by atoms with van der Waals surface area (Å²) >= 11 is 3.40. The second-order valence-electron chi connectivity index (χ2n) is 5.17. The molecule has 3 aromatic rings. The summed E-state index contributed by atoms with van der Waals surface area (Å²) in [5, 5.41) is 0.950. The Balaban J connectivity index is 2.22. The molecule has 0 N–H and O–H groups in total. The topological polar surface area (TPSA) is 30.2 Å². The smallest absolute Gasteiger partial charge is 0.138 e. The molecule has 0 unspecified atom stereocenters. The fourth-order valence-corrected chi connectivity index (χ4v) is 4.09. The molecule has 1 atom stereocenters. The van der Waals surface area contributed by atoms with Crippen molar-refractivity contribution in [3.63, 3.8) is 0 Å². The average molecular weight is 363 g/mol. The van der Waals surface area contributed by atoms with E-state index < -0.39 is 10.8 Å². The van der Waals surface area contributed by atoms with E-state index in [1.807, 2.05) is 51.1 Å². The highest BCUT2D eigenvalue weighted by molar-refractivity contribution is 9.10. The number of hydrogen-bond acceptors (Lipinski definition) is 2. The molecule has 0 radical (unpaired) electrons. The van der Waals surface area contributed by atoms with Gasteiger partial charge in [-0.15, -0.1) is 0 Å². The van der Waals surface area contributed by atoms with Gasteiger partial charge in [-0.05, 0) is 62.2 Å². The Morgan fingerprint density at radius 2 is 1.71 bits per heavy atom. The van der Waals surface area contributed by atoms with Crippen molar-refractivity contribution in [1.29, 1.82) is 0 Å². The summed E-state index contributed by atoms with van der Waals surface area (Å²) in [4.78, 5) is 1.56. The molecule has 0 bridgehead atoms. The van der Waals surface area contributed by atoms with Crippen molar-refractivity contribution in [2.24, 2.45) is 0 Å². The molecule has 1 aromatic heterocycles. The maximum Gasteiger partial charge on any atom is 0.138 e. The van der Waals surface area contributed by atoms with Gasteiger partial charge in [-0.25, -0.2) is 4.21 Å². The van der Waals surface area contributed by atoms with Crippen molar-refractivity contribution in [3.8, 4) is 0 Å². The summed E-state index contributed by atoms with van der Waals surface area (Å²) in [7, 11) is -1.24. The minimum Gasteiger partial charge on any atom is -0.460 e. The van der Waals surface area contributed by atoms with Crippen molar-refractivity contribution in [2.75, 3.05) is 0 Å². The van der Waals surface area contributed by atoms with E-state index in [9.17, 15) is 4.21 Å². The van der Waals surface area contributed by atoms with Gasteiger partial charge in [0.05, 0.1) is 15.7 Å². The van der Waals surface area contributed by atoms with Crippen molar-refractivity contribution < 1.29 is 8.63 Å². The van der Waals surface area contributed by atoms with Gasteiger partial charge in [0.25, 0.3) is 0 Å². The SMILES string of the molecule is Cc1cc(C)c2oc(C)c([S@](=O)c3ccc(Br)cc3)c2c1. The van der Waals surface area contributed by atoms with Crippen molar-refractivity contribution in [3.05, 3.63) is 57.8 Å². The molecular weight excluding hydrogens is 348 g/mol. The first kappa shape index (κ1) is 14.5. The number of aryl methyl sites for hydroxylation is 3. The van der Waals surface area contributed by atoms with Crippen LogP contribution in [0.25, 0.3) is 11.0 Å². The number of fused-ring (bicyclic) bond motifs is 1. The van der Waals surface area contributed by atoms with Gasteiger partial charge in [0.2, 0.25) is 0 Å². The molecule has 21 heavy (non-hydrogen) atoms. The Bertz CT molecular complexity index is 847. The van der Waals surface area contributed by atoms with Crippen LogP contribution in [0.4, 0.5) is 0 Å². The van der Waals surface area contributed by atoms with E-state index in [2.05, 4.69) is 22.0 Å². The molecule has 2 aromatic carbocycles. The van der Waals surface area contributed by atoms with Gasteiger partial charge < -0.3 is 4.42 Å². The number of halogens is 1. The lowest BCUT2D eigenvalue weighted by molar-refractivity contribution is 0.564. The quantitative estimate of drug-likeness (QED) is 0.620. The van der Waals surface area contributed by atoms with Crippen LogP contribution < -0.4 is 0 Å². The second-order valence-corrected chi connectivity index (χ2v) is 7.50. The van der Waals surface area contributed by atoms with Crippen LogP contribution >= 0.6 is 15.9 Å². The molecule has 0 saturated carbocycles. The predicted molar refractivity (Wildman–Crippen MR) is 89.2 cm³/mol. The molecule has 2 nitrogen and oxygen atoms in total. The fourth-order valence-electron chi connectivity index (χ4n) is 2.55. The standard InChI is InChI=1S/C17H15BrO2S/c1-10-8-11(2)16-15(9-10)17(12(3)20-16)21(19)14-6-4-13(18)5-7-14/h4-9H,1-3H3/t21-/m1/s1. The Morgan fingerprint density at radius 3 is 2.38 bits per heavy atom. The van der Waals surface area contributed by atoms with E-state index in [-0.39, 0.29) is 0 Å². The van der Waals surface area contributed by atoms with Crippen LogP contribution in [0.2, 0.25) is 0 Å². The molecule has 0 aliphatic carbocycles. The van der Waals surface area contributed by atoms with Gasteiger partial charge in [0.1, 0.15) is 11.3 Å². The van der Waals surface area contributed by atoms with Crippen molar-refractivity contribution in [2.45, 2.75) is 30.6 Å². The molecule has 0 spiro atoms. The third-order valence-corrected chi connectivity index (χ3v) is 5.56. The van der Waals surface area contributed by atoms with Crippen LogP contribution in [-0.2, 0) is 10.8 Å². The number of furan rings is 1. The van der Waals surface area contributed by atoms with E-state index in [1.165, 1.54) is 0 Å². The Morgan fingerprint density at radius 1 is 1.05 bits per heavy atom. The van der Waals surface area contributed by atoms with Crippen LogP contribution in [0.3, 0.4) is 0 Å². The van der Waals surface area contributed by atoms with Crippen molar-refractivity contribution >= 4 is 37.7 Å². The molecule has 1 heterocycles. The summed E-state index contributed by atoms with van der Waals surface area (Å²) in [6.07, 6.45) is 0. The van der Waals surface area contributed by atoms with E-state index in [1.54, 1.807) is 0 Å². The Kier molecular flexibility index (Phi) is 3.76. The lowest BCUT2D eigenvalue weighted by Crippen LogP contribution is -1.94. The minimum absolute atomic E-state index is 0.722. The van der Waals surface area contributed by atoms with Crippen molar-refractivity contribution in [1.82, 2.24) is 0 Å². The zero-order valence-corrected chi connectivity index (χ0v) is 14.5. The van der Waals surface area contributed by atoms with Gasteiger partial charge in [-0.2, -0.15) is 0 Å². The lowest BCUT2D eigenvalue weighted by Gasteiger charge is -2.03. The van der Waals surface area contributed by atoms with Crippen LogP contribution in [0.15, 0.2) is 55.1 Å². The lowest BCUT2D eigenvalue weighted by atomic mass is 10.1. The van der Waals surface area contributed by atoms with Crippen LogP contribution in [0, 0.1) is 20.8 Å². The van der Waals surface area contributed by atoms with E-state index in [0.717, 1.165) is 42.1 Å². The third kappa shape index (κ3) is 2.58. The van der Waals surface area contributed by atoms with Crippen LogP contribution in [0.1, 0.15) is 16.9 Å². The van der Waals surface area contributed by atoms with Crippen LogP contribution in [0.5, 0.6) is 0 Å². The Labute approximate surface area is 134 Å². The molecule has 0 aliphatic rings. The van der Waals surface area contributed by atoms with E-state index in [0.29, 0.717) is 0 Å². The zero-order chi connectivity index (χ0) is 15.1. The largest absolute Gasteiger partial charge is 0.460 e. The van der Waals surface area contributed by atoms with Gasteiger partial charge in [-0.3, -0.25) is 0 Å². The highest BCUT2D eigenvalue weighted by Crippen LogP contribution is 2.34. The molecular formula is C17H15BrO2S. The normalized spacial score (nSPS) is 12.8. The second kappa shape index (κ2) is 5.43. The zero-order valence-electron chi connectivity index (χ0n) is 12.1. The van der Waals surface area contributed by atoms with E-state index >= 15 is 0 Å². The molecule has 0 fully saturated rings. The summed E-state index contributed by atoms with van der Waals surface area (Å²) in [5.74, 6) is 0.722. The summed E-state index contributed by atoms with van der Waals surface area (Å²) in [6.45, 7) is 5.94. The Hall–Kier alpha value is -1.39. The maximum atomic E-state index is 12.9. The molecule has 0 aliphatic heterocycles. The van der Waals surface area contributed by atoms with Crippen LogP contribution in [-0.4, -0.2) is 4.21 Å². The maximum absolute atomic E-state index is 12.9. The summed E-state index contributed by atoms with van der Waals surface area (Å²) < 4.78 is 19.7. The first-order valence-electron chi connectivity index (χ1n) is 6.65. The molecule has 0 saturated heterocycles.